The zero-order valence-electron chi connectivity index (χ0n) is 11.2. The molecule has 1 atom stereocenters. The van der Waals surface area contributed by atoms with E-state index in [0.29, 0.717) is 6.42 Å². The molecule has 1 N–H and O–H groups in total. The molecule has 104 valence electrons. The van der Waals surface area contributed by atoms with Crippen LogP contribution in [0.1, 0.15) is 27.2 Å². The molecule has 1 saturated heterocycles. The van der Waals surface area contributed by atoms with Crippen molar-refractivity contribution >= 4 is 21.7 Å². The zero-order chi connectivity index (χ0) is 14.1. The number of piperazine rings is 1. The van der Waals surface area contributed by atoms with E-state index in [1.165, 1.54) is 4.90 Å². The average molecular weight is 276 g/mol. The summed E-state index contributed by atoms with van der Waals surface area (Å²) in [6.07, 6.45) is 1.59. The maximum atomic E-state index is 12.2. The minimum absolute atomic E-state index is 0.0625. The van der Waals surface area contributed by atoms with Crippen molar-refractivity contribution in [1.82, 2.24) is 10.2 Å². The summed E-state index contributed by atoms with van der Waals surface area (Å²) in [6.45, 7) is 5.09. The van der Waals surface area contributed by atoms with Gasteiger partial charge in [0, 0.05) is 12.8 Å². The van der Waals surface area contributed by atoms with Crippen molar-refractivity contribution in [3.8, 4) is 0 Å². The van der Waals surface area contributed by atoms with Crippen LogP contribution >= 0.6 is 0 Å². The molecule has 1 aliphatic heterocycles. The molecule has 2 amide bonds. The van der Waals surface area contributed by atoms with Crippen LogP contribution in [-0.2, 0) is 19.4 Å². The third-order valence-electron chi connectivity index (χ3n) is 3.00. The van der Waals surface area contributed by atoms with Gasteiger partial charge in [0.25, 0.3) is 0 Å². The number of sulfone groups is 1. The summed E-state index contributed by atoms with van der Waals surface area (Å²) >= 11 is 0. The second-order valence-electron chi connectivity index (χ2n) is 5.17. The van der Waals surface area contributed by atoms with Crippen molar-refractivity contribution < 1.29 is 18.0 Å². The Kier molecular flexibility index (Phi) is 4.05. The lowest BCUT2D eigenvalue weighted by atomic mass is 9.96. The quantitative estimate of drug-likeness (QED) is 0.753. The Morgan fingerprint density at radius 3 is 2.33 bits per heavy atom. The molecule has 1 fully saturated rings. The number of carbonyl (C=O) groups is 2. The third kappa shape index (κ3) is 3.22. The van der Waals surface area contributed by atoms with Crippen molar-refractivity contribution in [2.75, 3.05) is 18.6 Å². The fourth-order valence-electron chi connectivity index (χ4n) is 2.01. The highest BCUT2D eigenvalue weighted by Crippen LogP contribution is 2.19. The van der Waals surface area contributed by atoms with Gasteiger partial charge in [0.2, 0.25) is 11.8 Å². The van der Waals surface area contributed by atoms with Crippen LogP contribution < -0.4 is 5.32 Å². The standard InChI is InChI=1S/C11H20N2O4S/c1-5-8-9(14)12-11(2,3)10(15)13(8)6-7-18(4,16)17/h8H,5-7H2,1-4H3,(H,12,14). The minimum atomic E-state index is -3.16. The molecule has 1 unspecified atom stereocenters. The number of rotatable bonds is 4. The topological polar surface area (TPSA) is 83.6 Å². The van der Waals surface area contributed by atoms with E-state index in [1.807, 2.05) is 0 Å². The summed E-state index contributed by atoms with van der Waals surface area (Å²) < 4.78 is 22.4. The van der Waals surface area contributed by atoms with Gasteiger partial charge in [-0.1, -0.05) is 6.92 Å². The second kappa shape index (κ2) is 4.87. The van der Waals surface area contributed by atoms with E-state index in [9.17, 15) is 18.0 Å². The first-order chi connectivity index (χ1) is 8.08. The molecule has 0 aromatic heterocycles. The highest BCUT2D eigenvalue weighted by atomic mass is 32.2. The van der Waals surface area contributed by atoms with Gasteiger partial charge in [-0.2, -0.15) is 0 Å². The Balaban J connectivity index is 2.94. The molecule has 0 saturated carbocycles. The van der Waals surface area contributed by atoms with Gasteiger partial charge in [-0.3, -0.25) is 9.59 Å². The molecule has 0 spiro atoms. The van der Waals surface area contributed by atoms with E-state index in [-0.39, 0.29) is 24.1 Å². The van der Waals surface area contributed by atoms with Crippen molar-refractivity contribution in [1.29, 1.82) is 0 Å². The van der Waals surface area contributed by atoms with Crippen molar-refractivity contribution in [3.05, 3.63) is 0 Å². The molecule has 18 heavy (non-hydrogen) atoms. The SMILES string of the molecule is CCC1C(=O)NC(C)(C)C(=O)N1CCS(C)(=O)=O. The van der Waals surface area contributed by atoms with E-state index < -0.39 is 21.4 Å². The van der Waals surface area contributed by atoms with Crippen molar-refractivity contribution in [2.45, 2.75) is 38.8 Å². The van der Waals surface area contributed by atoms with E-state index >= 15 is 0 Å². The van der Waals surface area contributed by atoms with Crippen LogP contribution in [0.4, 0.5) is 0 Å². The van der Waals surface area contributed by atoms with Gasteiger partial charge < -0.3 is 10.2 Å². The smallest absolute Gasteiger partial charge is 0.248 e. The zero-order valence-corrected chi connectivity index (χ0v) is 12.0. The van der Waals surface area contributed by atoms with Gasteiger partial charge in [-0.25, -0.2) is 8.42 Å². The summed E-state index contributed by atoms with van der Waals surface area (Å²) in [6, 6.07) is -0.577. The monoisotopic (exact) mass is 276 g/mol. The first kappa shape index (κ1) is 14.9. The Bertz CT molecular complexity index is 456. The lowest BCUT2D eigenvalue weighted by Crippen LogP contribution is -2.68. The maximum Gasteiger partial charge on any atom is 0.248 e. The van der Waals surface area contributed by atoms with Crippen LogP contribution in [0.15, 0.2) is 0 Å². The molecular formula is C11H20N2O4S. The average Bonchev–Trinajstić information content (AvgIpc) is 2.19. The molecule has 0 aromatic rings. The number of nitrogens with zero attached hydrogens (tertiary/aromatic N) is 1. The largest absolute Gasteiger partial charge is 0.340 e. The van der Waals surface area contributed by atoms with Crippen molar-refractivity contribution in [3.63, 3.8) is 0 Å². The molecule has 0 aromatic carbocycles. The van der Waals surface area contributed by atoms with Gasteiger partial charge in [0.15, 0.2) is 0 Å². The maximum absolute atomic E-state index is 12.2. The molecule has 1 rings (SSSR count). The molecule has 1 aliphatic rings. The van der Waals surface area contributed by atoms with E-state index in [4.69, 9.17) is 0 Å². The normalized spacial score (nSPS) is 24.0. The highest BCUT2D eigenvalue weighted by Gasteiger charge is 2.44. The summed E-state index contributed by atoms with van der Waals surface area (Å²) in [4.78, 5) is 25.4. The first-order valence-electron chi connectivity index (χ1n) is 5.89. The van der Waals surface area contributed by atoms with Gasteiger partial charge >= 0.3 is 0 Å². The van der Waals surface area contributed by atoms with Crippen LogP contribution in [-0.4, -0.2) is 55.3 Å². The fourth-order valence-corrected chi connectivity index (χ4v) is 2.54. The third-order valence-corrected chi connectivity index (χ3v) is 3.92. The van der Waals surface area contributed by atoms with Crippen LogP contribution in [0.3, 0.4) is 0 Å². The Morgan fingerprint density at radius 1 is 1.33 bits per heavy atom. The number of carbonyl (C=O) groups excluding carboxylic acids is 2. The molecule has 6 nitrogen and oxygen atoms in total. The summed E-state index contributed by atoms with van der Waals surface area (Å²) in [5.41, 5.74) is -0.972. The van der Waals surface area contributed by atoms with E-state index in [0.717, 1.165) is 6.26 Å². The summed E-state index contributed by atoms with van der Waals surface area (Å²) in [5.74, 6) is -0.591. The second-order valence-corrected chi connectivity index (χ2v) is 7.43. The Hall–Kier alpha value is -1.11. The predicted molar refractivity (Wildman–Crippen MR) is 67.7 cm³/mol. The number of nitrogens with one attached hydrogen (secondary N) is 1. The Morgan fingerprint density at radius 2 is 1.89 bits per heavy atom. The minimum Gasteiger partial charge on any atom is -0.340 e. The highest BCUT2D eigenvalue weighted by molar-refractivity contribution is 7.90. The van der Waals surface area contributed by atoms with Gasteiger partial charge in [-0.05, 0) is 20.3 Å². The van der Waals surface area contributed by atoms with Crippen LogP contribution in [0, 0.1) is 0 Å². The van der Waals surface area contributed by atoms with Crippen LogP contribution in [0.2, 0.25) is 0 Å². The molecular weight excluding hydrogens is 256 g/mol. The number of hydrogen-bond donors (Lipinski definition) is 1. The molecule has 1 heterocycles. The van der Waals surface area contributed by atoms with Crippen LogP contribution in [0.5, 0.6) is 0 Å². The van der Waals surface area contributed by atoms with Gasteiger partial charge in [0.1, 0.15) is 21.4 Å². The summed E-state index contributed by atoms with van der Waals surface area (Å²) in [5, 5.41) is 2.65. The number of hydrogen-bond acceptors (Lipinski definition) is 4. The fraction of sp³-hybridized carbons (Fsp3) is 0.818. The molecule has 0 bridgehead atoms. The molecule has 7 heteroatoms. The number of amides is 2. The van der Waals surface area contributed by atoms with E-state index in [2.05, 4.69) is 5.32 Å². The summed E-state index contributed by atoms with van der Waals surface area (Å²) in [7, 11) is -3.16. The predicted octanol–water partition coefficient (Wildman–Crippen LogP) is -0.453. The molecule has 0 radical (unpaired) electrons. The van der Waals surface area contributed by atoms with Crippen LogP contribution in [0.25, 0.3) is 0 Å². The lowest BCUT2D eigenvalue weighted by molar-refractivity contribution is -0.153. The first-order valence-corrected chi connectivity index (χ1v) is 7.95. The van der Waals surface area contributed by atoms with E-state index in [1.54, 1.807) is 20.8 Å². The Labute approximate surface area is 108 Å². The van der Waals surface area contributed by atoms with Crippen molar-refractivity contribution in [2.24, 2.45) is 0 Å². The molecule has 0 aliphatic carbocycles. The lowest BCUT2D eigenvalue weighted by Gasteiger charge is -2.42. The van der Waals surface area contributed by atoms with Gasteiger partial charge in [-0.15, -0.1) is 0 Å². The van der Waals surface area contributed by atoms with Gasteiger partial charge in [0.05, 0.1) is 5.75 Å².